The summed E-state index contributed by atoms with van der Waals surface area (Å²) >= 11 is 2.21. The maximum absolute atomic E-state index is 13.0. The number of hydrogen-bond donors (Lipinski definition) is 2. The molecule has 0 unspecified atom stereocenters. The molecule has 0 amide bonds. The maximum Gasteiger partial charge on any atom is 0.284 e. The molecule has 0 aliphatic heterocycles. The molecule has 0 atom stereocenters. The highest BCUT2D eigenvalue weighted by molar-refractivity contribution is 8.01. The number of nitrogens with one attached hydrogen (secondary N) is 2. The highest BCUT2D eigenvalue weighted by Gasteiger charge is 2.26. The standard InChI is InChI=1S/C19H20FN5O4S3/c1-19(2,3)24-32(28,29)14-8-9-16(15(10-14)25(26)27)30-18-23-22-17(31-18)21-11-12-4-6-13(20)7-5-12/h4-10,24H,11H2,1-3H3,(H,21,22). The molecule has 2 aromatic carbocycles. The van der Waals surface area contributed by atoms with E-state index in [1.54, 1.807) is 32.9 Å². The van der Waals surface area contributed by atoms with Crippen LogP contribution >= 0.6 is 23.1 Å². The molecule has 170 valence electrons. The Morgan fingerprint density at radius 3 is 2.47 bits per heavy atom. The van der Waals surface area contributed by atoms with Gasteiger partial charge in [0.2, 0.25) is 15.2 Å². The Balaban J connectivity index is 1.76. The summed E-state index contributed by atoms with van der Waals surface area (Å²) < 4.78 is 40.9. The topological polar surface area (TPSA) is 127 Å². The van der Waals surface area contributed by atoms with Gasteiger partial charge in [-0.05, 0) is 62.4 Å². The molecule has 0 saturated heterocycles. The first-order chi connectivity index (χ1) is 14.9. The highest BCUT2D eigenvalue weighted by Crippen LogP contribution is 2.38. The summed E-state index contributed by atoms with van der Waals surface area (Å²) in [6, 6.07) is 9.74. The first kappa shape index (κ1) is 24.0. The van der Waals surface area contributed by atoms with Crippen LogP contribution in [-0.4, -0.2) is 29.1 Å². The third-order valence-corrected chi connectivity index (χ3v) is 7.59. The Hall–Kier alpha value is -2.61. The van der Waals surface area contributed by atoms with Crippen LogP contribution in [0.4, 0.5) is 15.2 Å². The van der Waals surface area contributed by atoms with Crippen LogP contribution in [0.25, 0.3) is 0 Å². The average molecular weight is 498 g/mol. The van der Waals surface area contributed by atoms with E-state index in [1.165, 1.54) is 35.6 Å². The van der Waals surface area contributed by atoms with Crippen molar-refractivity contribution in [1.29, 1.82) is 0 Å². The zero-order valence-corrected chi connectivity index (χ0v) is 19.8. The van der Waals surface area contributed by atoms with E-state index in [4.69, 9.17) is 0 Å². The fourth-order valence-corrected chi connectivity index (χ4v) is 5.78. The lowest BCUT2D eigenvalue weighted by Gasteiger charge is -2.20. The summed E-state index contributed by atoms with van der Waals surface area (Å²) in [4.78, 5) is 11.0. The number of rotatable bonds is 8. The molecule has 2 N–H and O–H groups in total. The number of halogens is 1. The number of sulfonamides is 1. The van der Waals surface area contributed by atoms with Crippen molar-refractivity contribution in [2.24, 2.45) is 0 Å². The smallest absolute Gasteiger partial charge is 0.284 e. The van der Waals surface area contributed by atoms with Gasteiger partial charge in [0.15, 0.2) is 4.34 Å². The van der Waals surface area contributed by atoms with Gasteiger partial charge in [0.1, 0.15) is 5.82 Å². The maximum atomic E-state index is 13.0. The van der Waals surface area contributed by atoms with Gasteiger partial charge in [-0.1, -0.05) is 23.5 Å². The number of nitro groups is 1. The number of aromatic nitrogens is 2. The van der Waals surface area contributed by atoms with Gasteiger partial charge in [-0.25, -0.2) is 17.5 Å². The van der Waals surface area contributed by atoms with E-state index in [0.29, 0.717) is 16.0 Å². The van der Waals surface area contributed by atoms with E-state index in [-0.39, 0.29) is 21.3 Å². The van der Waals surface area contributed by atoms with Gasteiger partial charge >= 0.3 is 0 Å². The summed E-state index contributed by atoms with van der Waals surface area (Å²) in [6.07, 6.45) is 0. The fraction of sp³-hybridized carbons (Fsp3) is 0.263. The van der Waals surface area contributed by atoms with E-state index in [9.17, 15) is 22.9 Å². The zero-order chi connectivity index (χ0) is 23.5. The van der Waals surface area contributed by atoms with Gasteiger partial charge < -0.3 is 5.32 Å². The monoisotopic (exact) mass is 497 g/mol. The van der Waals surface area contributed by atoms with E-state index in [0.717, 1.165) is 23.4 Å². The Morgan fingerprint density at radius 1 is 1.16 bits per heavy atom. The van der Waals surface area contributed by atoms with Crippen molar-refractivity contribution in [2.75, 3.05) is 5.32 Å². The first-order valence-corrected chi connectivity index (χ1v) is 12.4. The first-order valence-electron chi connectivity index (χ1n) is 9.25. The van der Waals surface area contributed by atoms with Crippen molar-refractivity contribution in [1.82, 2.24) is 14.9 Å². The largest absolute Gasteiger partial charge is 0.356 e. The summed E-state index contributed by atoms with van der Waals surface area (Å²) in [5.41, 5.74) is -0.222. The number of hydrogen-bond acceptors (Lipinski definition) is 9. The number of nitrogens with zero attached hydrogens (tertiary/aromatic N) is 3. The van der Waals surface area contributed by atoms with Crippen LogP contribution < -0.4 is 10.0 Å². The number of nitro benzene ring substituents is 1. The Morgan fingerprint density at radius 2 is 1.84 bits per heavy atom. The Bertz CT molecular complexity index is 1220. The summed E-state index contributed by atoms with van der Waals surface area (Å²) in [5.74, 6) is -0.321. The SMILES string of the molecule is CC(C)(C)NS(=O)(=O)c1ccc(Sc2nnc(NCc3ccc(F)cc3)s2)c([N+](=O)[O-])c1. The van der Waals surface area contributed by atoms with Crippen LogP contribution in [0.15, 0.2) is 56.6 Å². The van der Waals surface area contributed by atoms with Gasteiger partial charge in [-0.3, -0.25) is 10.1 Å². The lowest BCUT2D eigenvalue weighted by Crippen LogP contribution is -2.40. The molecule has 3 rings (SSSR count). The van der Waals surface area contributed by atoms with Crippen molar-refractivity contribution in [2.45, 2.75) is 47.0 Å². The molecular formula is C19H20FN5O4S3. The van der Waals surface area contributed by atoms with E-state index >= 15 is 0 Å². The Labute approximate surface area is 192 Å². The normalized spacial score (nSPS) is 12.0. The third kappa shape index (κ3) is 6.45. The van der Waals surface area contributed by atoms with Gasteiger partial charge in [0.05, 0.1) is 14.7 Å². The van der Waals surface area contributed by atoms with Crippen LogP contribution in [-0.2, 0) is 16.6 Å². The molecule has 0 radical (unpaired) electrons. The minimum Gasteiger partial charge on any atom is -0.356 e. The molecule has 0 aliphatic rings. The summed E-state index contributed by atoms with van der Waals surface area (Å²) in [6.45, 7) is 5.45. The molecule has 0 spiro atoms. The molecule has 0 bridgehead atoms. The van der Waals surface area contributed by atoms with Crippen LogP contribution in [0.1, 0.15) is 26.3 Å². The second kappa shape index (κ2) is 9.48. The molecule has 0 fully saturated rings. The van der Waals surface area contributed by atoms with Crippen LogP contribution in [0.5, 0.6) is 0 Å². The highest BCUT2D eigenvalue weighted by atomic mass is 32.2. The quantitative estimate of drug-likeness (QED) is 0.346. The fourth-order valence-electron chi connectivity index (χ4n) is 2.55. The van der Waals surface area contributed by atoms with Gasteiger partial charge in [-0.15, -0.1) is 10.2 Å². The van der Waals surface area contributed by atoms with Gasteiger partial charge in [-0.2, -0.15) is 0 Å². The van der Waals surface area contributed by atoms with Crippen molar-refractivity contribution in [3.8, 4) is 0 Å². The third-order valence-electron chi connectivity index (χ3n) is 3.84. The predicted octanol–water partition coefficient (Wildman–Crippen LogP) is 4.43. The van der Waals surface area contributed by atoms with Crippen LogP contribution in [0.2, 0.25) is 0 Å². The lowest BCUT2D eigenvalue weighted by molar-refractivity contribution is -0.388. The summed E-state index contributed by atoms with van der Waals surface area (Å²) in [7, 11) is -3.92. The number of anilines is 1. The Kier molecular flexibility index (Phi) is 7.12. The molecule has 32 heavy (non-hydrogen) atoms. The molecule has 13 heteroatoms. The number of benzene rings is 2. The van der Waals surface area contributed by atoms with E-state index < -0.39 is 20.5 Å². The van der Waals surface area contributed by atoms with Crippen molar-refractivity contribution < 1.29 is 17.7 Å². The molecular weight excluding hydrogens is 477 g/mol. The average Bonchev–Trinajstić information content (AvgIpc) is 3.13. The van der Waals surface area contributed by atoms with E-state index in [2.05, 4.69) is 20.2 Å². The summed E-state index contributed by atoms with van der Waals surface area (Å²) in [5, 5.41) is 23.1. The second-order valence-corrected chi connectivity index (χ2v) is 11.6. The minimum atomic E-state index is -3.92. The van der Waals surface area contributed by atoms with Crippen molar-refractivity contribution in [3.05, 3.63) is 64.0 Å². The second-order valence-electron chi connectivity index (χ2n) is 7.70. The molecule has 1 heterocycles. The zero-order valence-electron chi connectivity index (χ0n) is 17.3. The van der Waals surface area contributed by atoms with Gasteiger partial charge in [0, 0.05) is 18.2 Å². The molecule has 3 aromatic rings. The van der Waals surface area contributed by atoms with Crippen LogP contribution in [0, 0.1) is 15.9 Å². The predicted molar refractivity (Wildman–Crippen MR) is 121 cm³/mol. The van der Waals surface area contributed by atoms with Crippen molar-refractivity contribution >= 4 is 43.9 Å². The van der Waals surface area contributed by atoms with Crippen LogP contribution in [0.3, 0.4) is 0 Å². The van der Waals surface area contributed by atoms with Gasteiger partial charge in [0.25, 0.3) is 5.69 Å². The van der Waals surface area contributed by atoms with Crippen molar-refractivity contribution in [3.63, 3.8) is 0 Å². The van der Waals surface area contributed by atoms with E-state index in [1.807, 2.05) is 0 Å². The molecule has 0 aliphatic carbocycles. The minimum absolute atomic E-state index is 0.192. The molecule has 0 saturated carbocycles. The lowest BCUT2D eigenvalue weighted by atomic mass is 10.1. The molecule has 9 nitrogen and oxygen atoms in total. The molecule has 1 aromatic heterocycles.